The molecule has 0 radical (unpaired) electrons. The minimum Gasteiger partial charge on any atom is -0.492 e. The summed E-state index contributed by atoms with van der Waals surface area (Å²) in [5.41, 5.74) is 0.626. The smallest absolute Gasteiger partial charge is 0.329 e. The van der Waals surface area contributed by atoms with Gasteiger partial charge in [-0.1, -0.05) is 18.2 Å². The Hall–Kier alpha value is -2.88. The zero-order valence-electron chi connectivity index (χ0n) is 20.1. The molecule has 2 aromatic heterocycles. The lowest BCUT2D eigenvalue weighted by Gasteiger charge is -2.23. The van der Waals surface area contributed by atoms with E-state index < -0.39 is 21.3 Å². The number of benzene rings is 2. The van der Waals surface area contributed by atoms with Crippen LogP contribution in [0.15, 0.2) is 58.9 Å². The molecule has 0 saturated heterocycles. The maximum atomic E-state index is 12.8. The highest BCUT2D eigenvalue weighted by molar-refractivity contribution is 7.93. The Morgan fingerprint density at radius 2 is 1.91 bits per heavy atom. The summed E-state index contributed by atoms with van der Waals surface area (Å²) in [7, 11) is -3.31. The number of carbonyl (C=O) groups is 1. The van der Waals surface area contributed by atoms with E-state index in [1.54, 1.807) is 24.6 Å². The molecule has 0 saturated carbocycles. The van der Waals surface area contributed by atoms with Crippen molar-refractivity contribution in [1.82, 2.24) is 9.88 Å². The van der Waals surface area contributed by atoms with Crippen LogP contribution in [0.5, 0.6) is 5.75 Å². The first-order valence-electron chi connectivity index (χ1n) is 11.5. The number of nitrogens with one attached hydrogen (secondary N) is 1. The fraction of sp³-hybridized carbons (Fsp3) is 0.346. The third-order valence-corrected chi connectivity index (χ3v) is 9.96. The number of rotatable bonds is 11. The van der Waals surface area contributed by atoms with Crippen LogP contribution in [0.25, 0.3) is 21.0 Å². The molecule has 4 aromatic rings. The number of carboxylic acid groups (broad SMARTS) is 1. The van der Waals surface area contributed by atoms with Gasteiger partial charge in [0.15, 0.2) is 9.84 Å². The number of carboxylic acids is 1. The molecule has 9 heteroatoms. The number of thiophene rings is 1. The maximum absolute atomic E-state index is 12.8. The fourth-order valence-electron chi connectivity index (χ4n) is 4.10. The zero-order valence-corrected chi connectivity index (χ0v) is 21.7. The summed E-state index contributed by atoms with van der Waals surface area (Å²) in [6, 6.07) is 15.2. The molecule has 186 valence electrons. The second-order valence-electron chi connectivity index (χ2n) is 9.05. The molecule has 35 heavy (non-hydrogen) atoms. The standard InChI is InChI=1S/C26H30N2O5S2/c1-18-21-7-4-5-8-23(21)34-24(18)35(31,32)16-6-12-27-13-15-33-20-9-10-22-19(17-20)11-14-28(22)26(2,3)25(29)30/h4-5,7-11,14,17,27H,6,12-13,15-16H2,1-3H3,(H,29,30). The van der Waals surface area contributed by atoms with Crippen molar-refractivity contribution in [2.24, 2.45) is 0 Å². The van der Waals surface area contributed by atoms with Gasteiger partial charge in [0.2, 0.25) is 0 Å². The van der Waals surface area contributed by atoms with E-state index in [9.17, 15) is 18.3 Å². The second-order valence-corrected chi connectivity index (χ2v) is 12.4. The van der Waals surface area contributed by atoms with Crippen LogP contribution in [0, 0.1) is 6.92 Å². The Morgan fingerprint density at radius 3 is 2.66 bits per heavy atom. The first kappa shape index (κ1) is 25.2. The number of aromatic nitrogens is 1. The average molecular weight is 515 g/mol. The molecular formula is C26H30N2O5S2. The fourth-order valence-corrected chi connectivity index (χ4v) is 7.35. The van der Waals surface area contributed by atoms with Gasteiger partial charge in [0, 0.05) is 28.3 Å². The van der Waals surface area contributed by atoms with Gasteiger partial charge < -0.3 is 19.7 Å². The molecule has 2 aromatic carbocycles. The highest BCUT2D eigenvalue weighted by atomic mass is 32.2. The molecule has 0 unspecified atom stereocenters. The van der Waals surface area contributed by atoms with Gasteiger partial charge in [-0.15, -0.1) is 11.3 Å². The number of hydrogen-bond donors (Lipinski definition) is 2. The maximum Gasteiger partial charge on any atom is 0.329 e. The van der Waals surface area contributed by atoms with Crippen molar-refractivity contribution in [2.75, 3.05) is 25.4 Å². The van der Waals surface area contributed by atoms with E-state index in [-0.39, 0.29) is 5.75 Å². The summed E-state index contributed by atoms with van der Waals surface area (Å²) in [5, 5.41) is 14.6. The van der Waals surface area contributed by atoms with E-state index in [0.717, 1.165) is 26.6 Å². The molecule has 0 amide bonds. The van der Waals surface area contributed by atoms with Crippen LogP contribution in [-0.4, -0.2) is 49.5 Å². The average Bonchev–Trinajstić information content (AvgIpc) is 3.40. The van der Waals surface area contributed by atoms with Crippen molar-refractivity contribution >= 4 is 48.1 Å². The summed E-state index contributed by atoms with van der Waals surface area (Å²) < 4.78 is 34.7. The molecule has 0 aliphatic carbocycles. The minimum atomic E-state index is -3.31. The summed E-state index contributed by atoms with van der Waals surface area (Å²) in [6.45, 7) is 6.82. The van der Waals surface area contributed by atoms with Crippen molar-refractivity contribution in [3.8, 4) is 5.75 Å². The summed E-state index contributed by atoms with van der Waals surface area (Å²) in [6.07, 6.45) is 2.30. The van der Waals surface area contributed by atoms with Gasteiger partial charge in [0.25, 0.3) is 0 Å². The number of nitrogens with zero attached hydrogens (tertiary/aromatic N) is 1. The summed E-state index contributed by atoms with van der Waals surface area (Å²) in [5.74, 6) is -0.0874. The van der Waals surface area contributed by atoms with Gasteiger partial charge >= 0.3 is 5.97 Å². The number of aliphatic carboxylic acids is 1. The molecule has 0 spiro atoms. The molecule has 0 atom stereocenters. The molecule has 2 N–H and O–H groups in total. The topological polar surface area (TPSA) is 97.6 Å². The molecule has 7 nitrogen and oxygen atoms in total. The quantitative estimate of drug-likeness (QED) is 0.279. The van der Waals surface area contributed by atoms with E-state index in [0.29, 0.717) is 36.1 Å². The largest absolute Gasteiger partial charge is 0.492 e. The molecule has 4 rings (SSSR count). The van der Waals surface area contributed by atoms with Gasteiger partial charge in [-0.2, -0.15) is 0 Å². The first-order valence-corrected chi connectivity index (χ1v) is 14.0. The Morgan fingerprint density at radius 1 is 1.14 bits per heavy atom. The van der Waals surface area contributed by atoms with Gasteiger partial charge in [0.1, 0.15) is 22.1 Å². The van der Waals surface area contributed by atoms with Crippen LogP contribution >= 0.6 is 11.3 Å². The Balaban J connectivity index is 1.24. The van der Waals surface area contributed by atoms with Crippen LogP contribution in [0.2, 0.25) is 0 Å². The predicted octanol–water partition coefficient (Wildman–Crippen LogP) is 4.82. The third-order valence-electron chi connectivity index (χ3n) is 6.18. The van der Waals surface area contributed by atoms with Gasteiger partial charge in [-0.3, -0.25) is 0 Å². The van der Waals surface area contributed by atoms with E-state index in [4.69, 9.17) is 4.74 Å². The second kappa shape index (κ2) is 10.0. The Kier molecular flexibility index (Phi) is 7.21. The van der Waals surface area contributed by atoms with E-state index in [1.165, 1.54) is 11.3 Å². The summed E-state index contributed by atoms with van der Waals surface area (Å²) >= 11 is 1.35. The van der Waals surface area contributed by atoms with Crippen molar-refractivity contribution in [1.29, 1.82) is 0 Å². The Labute approximate surface area is 209 Å². The summed E-state index contributed by atoms with van der Waals surface area (Å²) in [4.78, 5) is 11.6. The minimum absolute atomic E-state index is 0.106. The zero-order chi connectivity index (χ0) is 25.2. The molecule has 2 heterocycles. The van der Waals surface area contributed by atoms with Crippen LogP contribution in [0.4, 0.5) is 0 Å². The number of sulfone groups is 1. The van der Waals surface area contributed by atoms with Crippen LogP contribution in [0.3, 0.4) is 0 Å². The molecule has 0 aliphatic rings. The van der Waals surface area contributed by atoms with Crippen molar-refractivity contribution in [2.45, 2.75) is 36.9 Å². The monoisotopic (exact) mass is 514 g/mol. The number of fused-ring (bicyclic) bond motifs is 2. The molecular weight excluding hydrogens is 484 g/mol. The van der Waals surface area contributed by atoms with E-state index in [2.05, 4.69) is 5.32 Å². The Bertz CT molecular complexity index is 1470. The van der Waals surface area contributed by atoms with Gasteiger partial charge in [0.05, 0.1) is 5.75 Å². The lowest BCUT2D eigenvalue weighted by molar-refractivity contribution is -0.145. The number of ether oxygens (including phenoxy) is 1. The third kappa shape index (κ3) is 5.22. The van der Waals surface area contributed by atoms with Crippen LogP contribution < -0.4 is 10.1 Å². The van der Waals surface area contributed by atoms with Crippen LogP contribution in [-0.2, 0) is 20.2 Å². The van der Waals surface area contributed by atoms with Crippen molar-refractivity contribution in [3.05, 3.63) is 60.3 Å². The number of hydrogen-bond acceptors (Lipinski definition) is 6. The lowest BCUT2D eigenvalue weighted by atomic mass is 10.1. The molecule has 0 fully saturated rings. The number of aryl methyl sites for hydroxylation is 1. The van der Waals surface area contributed by atoms with Gasteiger partial charge in [-0.05, 0) is 75.0 Å². The first-order chi connectivity index (χ1) is 16.6. The van der Waals surface area contributed by atoms with Crippen molar-refractivity contribution < 1.29 is 23.1 Å². The van der Waals surface area contributed by atoms with Crippen LogP contribution in [0.1, 0.15) is 25.8 Å². The predicted molar refractivity (Wildman–Crippen MR) is 140 cm³/mol. The van der Waals surface area contributed by atoms with E-state index in [1.807, 2.05) is 55.5 Å². The molecule has 0 aliphatic heterocycles. The highest BCUT2D eigenvalue weighted by Gasteiger charge is 2.30. The highest BCUT2D eigenvalue weighted by Crippen LogP contribution is 2.34. The van der Waals surface area contributed by atoms with Gasteiger partial charge in [-0.25, -0.2) is 13.2 Å². The SMILES string of the molecule is Cc1c(S(=O)(=O)CCCNCCOc2ccc3c(ccn3C(C)(C)C(=O)O)c2)sc2ccccc12. The van der Waals surface area contributed by atoms with E-state index >= 15 is 0 Å². The molecule has 0 bridgehead atoms. The van der Waals surface area contributed by atoms with Crippen molar-refractivity contribution in [3.63, 3.8) is 0 Å². The normalized spacial score (nSPS) is 12.4. The lowest BCUT2D eigenvalue weighted by Crippen LogP contribution is -2.34.